The average molecular weight is 514 g/mol. The number of likely N-dealkylation sites (N-methyl/N-ethyl adjacent to an activating group) is 1. The van der Waals surface area contributed by atoms with Crippen LogP contribution in [0.15, 0.2) is 53.8 Å². The number of hydrogen-bond acceptors (Lipinski definition) is 4. The molecule has 3 aliphatic rings. The van der Waals surface area contributed by atoms with Crippen LogP contribution in [0.4, 0.5) is 0 Å². The molecule has 4 rings (SSSR count). The Balaban J connectivity index is 1.85. The minimum absolute atomic E-state index is 0.0473. The van der Waals surface area contributed by atoms with Gasteiger partial charge in [-0.25, -0.2) is 4.98 Å². The second-order valence-corrected chi connectivity index (χ2v) is 12.7. The van der Waals surface area contributed by atoms with Gasteiger partial charge in [0, 0.05) is 42.4 Å². The van der Waals surface area contributed by atoms with Crippen molar-refractivity contribution in [1.82, 2.24) is 14.8 Å². The van der Waals surface area contributed by atoms with Crippen molar-refractivity contribution in [2.45, 2.75) is 84.6 Å². The first kappa shape index (κ1) is 28.3. The topological polar surface area (TPSA) is 36.4 Å². The lowest BCUT2D eigenvalue weighted by atomic mass is 9.71. The summed E-state index contributed by atoms with van der Waals surface area (Å²) in [6.45, 7) is 23.1. The van der Waals surface area contributed by atoms with E-state index in [4.69, 9.17) is 4.98 Å². The summed E-state index contributed by atoms with van der Waals surface area (Å²) < 4.78 is 0. The van der Waals surface area contributed by atoms with E-state index in [1.165, 1.54) is 22.4 Å². The van der Waals surface area contributed by atoms with Gasteiger partial charge in [-0.1, -0.05) is 71.1 Å². The van der Waals surface area contributed by atoms with Gasteiger partial charge in [-0.3, -0.25) is 9.69 Å². The molecule has 1 aromatic rings. The highest BCUT2D eigenvalue weighted by Gasteiger charge is 2.49. The number of piperazine rings is 1. The van der Waals surface area contributed by atoms with Crippen molar-refractivity contribution in [3.8, 4) is 0 Å². The van der Waals surface area contributed by atoms with Gasteiger partial charge in [0.05, 0.1) is 11.4 Å². The molecule has 0 saturated carbocycles. The number of allylic oxidation sites excluding steroid dienone is 7. The number of rotatable bonds is 7. The maximum absolute atomic E-state index is 12.6. The van der Waals surface area contributed by atoms with Crippen molar-refractivity contribution in [2.75, 3.05) is 26.7 Å². The van der Waals surface area contributed by atoms with Crippen LogP contribution in [0.3, 0.4) is 0 Å². The number of pyridine rings is 1. The SMILES string of the molecule is C=C(C(CC)CC)N1CCN(C)C(C)(C2C(C=O)=Cc3nc(C4=CC=C(C)CC=C4)cc(C(C)(C)C)c32)C1. The quantitative estimate of drug-likeness (QED) is 0.358. The molecule has 0 N–H and O–H groups in total. The Morgan fingerprint density at radius 2 is 1.95 bits per heavy atom. The van der Waals surface area contributed by atoms with Gasteiger partial charge in [-0.05, 0) is 80.3 Å². The summed E-state index contributed by atoms with van der Waals surface area (Å²) in [4.78, 5) is 22.8. The molecular formula is C34H47N3O. The highest BCUT2D eigenvalue weighted by Crippen LogP contribution is 2.50. The van der Waals surface area contributed by atoms with Crippen molar-refractivity contribution >= 4 is 17.9 Å². The molecular weight excluding hydrogens is 466 g/mol. The Morgan fingerprint density at radius 1 is 1.24 bits per heavy atom. The molecule has 2 unspecified atom stereocenters. The van der Waals surface area contributed by atoms with E-state index in [1.807, 2.05) is 0 Å². The number of aldehydes is 1. The predicted octanol–water partition coefficient (Wildman–Crippen LogP) is 7.30. The van der Waals surface area contributed by atoms with Gasteiger partial charge in [0.15, 0.2) is 0 Å². The first-order valence-electron chi connectivity index (χ1n) is 14.4. The Morgan fingerprint density at radius 3 is 2.58 bits per heavy atom. The summed E-state index contributed by atoms with van der Waals surface area (Å²) in [5, 5.41) is 0. The maximum atomic E-state index is 12.6. The van der Waals surface area contributed by atoms with Gasteiger partial charge >= 0.3 is 0 Å². The lowest BCUT2D eigenvalue weighted by molar-refractivity contribution is -0.105. The first-order valence-corrected chi connectivity index (χ1v) is 14.4. The Kier molecular flexibility index (Phi) is 8.04. The number of fused-ring (bicyclic) bond motifs is 1. The minimum Gasteiger partial charge on any atom is -0.372 e. The third kappa shape index (κ3) is 5.12. The van der Waals surface area contributed by atoms with Crippen LogP contribution >= 0.6 is 0 Å². The van der Waals surface area contributed by atoms with E-state index in [9.17, 15) is 4.79 Å². The van der Waals surface area contributed by atoms with Gasteiger partial charge < -0.3 is 4.90 Å². The van der Waals surface area contributed by atoms with E-state index in [0.29, 0.717) is 5.92 Å². The van der Waals surface area contributed by atoms with Gasteiger partial charge in [-0.2, -0.15) is 0 Å². The molecule has 1 fully saturated rings. The van der Waals surface area contributed by atoms with Crippen molar-refractivity contribution < 1.29 is 4.79 Å². The highest BCUT2D eigenvalue weighted by molar-refractivity contribution is 5.90. The standard InChI is InChI=1S/C34H47N3O/c1-10-25(11-2)24(4)37-18-17-36(9)34(8,22-37)32-27(21-38)19-30-31(32)28(33(5,6)7)20-29(35-30)26-14-12-13-23(3)15-16-26/h12,14-16,19-21,25,32H,4,10-11,13,17-18,22H2,1-3,5-9H3. The second-order valence-electron chi connectivity index (χ2n) is 12.7. The van der Waals surface area contributed by atoms with Crippen molar-refractivity contribution in [3.63, 3.8) is 0 Å². The average Bonchev–Trinajstić information content (AvgIpc) is 3.12. The normalized spacial score (nSPS) is 24.1. The molecule has 2 aliphatic carbocycles. The zero-order chi connectivity index (χ0) is 27.8. The molecule has 0 bridgehead atoms. The molecule has 2 atom stereocenters. The fraction of sp³-hybridized carbons (Fsp3) is 0.529. The molecule has 0 spiro atoms. The molecule has 1 aliphatic heterocycles. The fourth-order valence-electron chi connectivity index (χ4n) is 6.52. The largest absolute Gasteiger partial charge is 0.372 e. The second kappa shape index (κ2) is 10.8. The molecule has 4 heteroatoms. The van der Waals surface area contributed by atoms with E-state index < -0.39 is 0 Å². The van der Waals surface area contributed by atoms with Crippen LogP contribution < -0.4 is 0 Å². The third-order valence-corrected chi connectivity index (χ3v) is 9.11. The van der Waals surface area contributed by atoms with Gasteiger partial charge in [0.2, 0.25) is 0 Å². The lowest BCUT2D eigenvalue weighted by Gasteiger charge is -2.53. The fourth-order valence-corrected chi connectivity index (χ4v) is 6.52. The Bertz CT molecular complexity index is 1220. The highest BCUT2D eigenvalue weighted by atomic mass is 16.1. The summed E-state index contributed by atoms with van der Waals surface area (Å²) in [7, 11) is 2.21. The summed E-state index contributed by atoms with van der Waals surface area (Å²) in [6, 6.07) is 2.28. The van der Waals surface area contributed by atoms with Crippen molar-refractivity contribution in [3.05, 3.63) is 76.3 Å². The molecule has 0 aromatic carbocycles. The molecule has 1 saturated heterocycles. The maximum Gasteiger partial charge on any atom is 0.146 e. The molecule has 0 radical (unpaired) electrons. The molecule has 38 heavy (non-hydrogen) atoms. The monoisotopic (exact) mass is 513 g/mol. The molecule has 204 valence electrons. The molecule has 0 amide bonds. The first-order chi connectivity index (χ1) is 17.9. The van der Waals surface area contributed by atoms with Crippen LogP contribution in [0, 0.1) is 5.92 Å². The van der Waals surface area contributed by atoms with Gasteiger partial charge in [0.1, 0.15) is 6.29 Å². The Labute approximate surface area is 230 Å². The van der Waals surface area contributed by atoms with E-state index in [2.05, 4.69) is 108 Å². The third-order valence-electron chi connectivity index (χ3n) is 9.11. The molecule has 1 aromatic heterocycles. The molecule has 4 nitrogen and oxygen atoms in total. The van der Waals surface area contributed by atoms with Crippen molar-refractivity contribution in [1.29, 1.82) is 0 Å². The minimum atomic E-state index is -0.268. The van der Waals surface area contributed by atoms with Crippen LogP contribution in [-0.2, 0) is 10.2 Å². The van der Waals surface area contributed by atoms with Crippen LogP contribution in [0.2, 0.25) is 0 Å². The molecule has 2 heterocycles. The van der Waals surface area contributed by atoms with Gasteiger partial charge in [0.25, 0.3) is 0 Å². The number of hydrogen-bond donors (Lipinski definition) is 0. The van der Waals surface area contributed by atoms with E-state index in [0.717, 1.165) is 67.7 Å². The van der Waals surface area contributed by atoms with Crippen molar-refractivity contribution in [2.24, 2.45) is 5.92 Å². The van der Waals surface area contributed by atoms with Gasteiger partial charge in [-0.15, -0.1) is 0 Å². The summed E-state index contributed by atoms with van der Waals surface area (Å²) in [5.41, 5.74) is 8.58. The smallest absolute Gasteiger partial charge is 0.146 e. The summed E-state index contributed by atoms with van der Waals surface area (Å²) in [6.07, 6.45) is 15.0. The van der Waals surface area contributed by atoms with Crippen LogP contribution in [0.5, 0.6) is 0 Å². The van der Waals surface area contributed by atoms with Crippen LogP contribution in [0.25, 0.3) is 11.6 Å². The van der Waals surface area contributed by atoms with E-state index >= 15 is 0 Å². The zero-order valence-electron chi connectivity index (χ0n) is 24.9. The zero-order valence-corrected chi connectivity index (χ0v) is 24.9. The van der Waals surface area contributed by atoms with Crippen LogP contribution in [-0.4, -0.2) is 53.3 Å². The number of nitrogens with zero attached hydrogens (tertiary/aromatic N) is 3. The number of carbonyl (C=O) groups excluding carboxylic acids is 1. The predicted molar refractivity (Wildman–Crippen MR) is 161 cm³/mol. The summed E-state index contributed by atoms with van der Waals surface area (Å²) >= 11 is 0. The number of aromatic nitrogens is 1. The van der Waals surface area contributed by atoms with Crippen LogP contribution in [0.1, 0.15) is 96.2 Å². The van der Waals surface area contributed by atoms with E-state index in [1.54, 1.807) is 0 Å². The van der Waals surface area contributed by atoms with E-state index in [-0.39, 0.29) is 16.9 Å². The number of carbonyl (C=O) groups is 1. The summed E-state index contributed by atoms with van der Waals surface area (Å²) in [5.74, 6) is 0.446. The lowest BCUT2D eigenvalue weighted by Crippen LogP contribution is -2.62. The Hall–Kier alpha value is -2.72.